The summed E-state index contributed by atoms with van der Waals surface area (Å²) in [4.78, 5) is 10.5. The van der Waals surface area contributed by atoms with Gasteiger partial charge in [-0.15, -0.1) is 0 Å². The number of carboxylic acid groups (broad SMARTS) is 1. The van der Waals surface area contributed by atoms with Crippen molar-refractivity contribution in [2.24, 2.45) is 5.92 Å². The average Bonchev–Trinajstić information content (AvgIpc) is 2.37. The van der Waals surface area contributed by atoms with Gasteiger partial charge in [-0.25, -0.2) is 12.7 Å². The first-order chi connectivity index (χ1) is 8.95. The fourth-order valence-electron chi connectivity index (χ4n) is 2.29. The summed E-state index contributed by atoms with van der Waals surface area (Å²) >= 11 is 0. The summed E-state index contributed by atoms with van der Waals surface area (Å²) in [5.74, 6) is -0.984. The third-order valence-electron chi connectivity index (χ3n) is 3.36. The molecule has 2 N–H and O–H groups in total. The molecule has 1 rings (SSSR count). The predicted octanol–water partition coefficient (Wildman–Crippen LogP) is 0.503. The SMILES string of the molecule is CCCN(CC1CCNCC1)S(=O)(=O)CCC(=O)O. The molecule has 112 valence electrons. The molecule has 0 radical (unpaired) electrons. The first-order valence-corrected chi connectivity index (χ1v) is 8.47. The van der Waals surface area contributed by atoms with E-state index in [1.54, 1.807) is 0 Å². The standard InChI is InChI=1S/C12H24N2O4S/c1-2-8-14(10-11-3-6-13-7-4-11)19(17,18)9-5-12(15)16/h11,13H,2-10H2,1H3,(H,15,16). The first-order valence-electron chi connectivity index (χ1n) is 6.86. The Balaban J connectivity index is 2.60. The summed E-state index contributed by atoms with van der Waals surface area (Å²) in [6.45, 7) is 4.80. The van der Waals surface area contributed by atoms with E-state index < -0.39 is 16.0 Å². The minimum absolute atomic E-state index is 0.298. The molecule has 0 aromatic heterocycles. The van der Waals surface area contributed by atoms with Crippen molar-refractivity contribution in [3.05, 3.63) is 0 Å². The number of carboxylic acids is 1. The van der Waals surface area contributed by atoms with Crippen LogP contribution in [0.5, 0.6) is 0 Å². The van der Waals surface area contributed by atoms with Crippen LogP contribution in [0.15, 0.2) is 0 Å². The highest BCUT2D eigenvalue weighted by molar-refractivity contribution is 7.89. The Hall–Kier alpha value is -0.660. The molecule has 7 heteroatoms. The van der Waals surface area contributed by atoms with Crippen molar-refractivity contribution in [2.75, 3.05) is 31.9 Å². The van der Waals surface area contributed by atoms with Gasteiger partial charge in [0.2, 0.25) is 10.0 Å². The van der Waals surface area contributed by atoms with E-state index in [2.05, 4.69) is 5.32 Å². The minimum Gasteiger partial charge on any atom is -0.481 e. The van der Waals surface area contributed by atoms with Gasteiger partial charge in [-0.3, -0.25) is 4.79 Å². The fraction of sp³-hybridized carbons (Fsp3) is 0.917. The molecule has 1 aliphatic heterocycles. The van der Waals surface area contributed by atoms with E-state index in [0.717, 1.165) is 32.4 Å². The first kappa shape index (κ1) is 16.4. The van der Waals surface area contributed by atoms with Gasteiger partial charge < -0.3 is 10.4 Å². The molecule has 0 amide bonds. The Morgan fingerprint density at radius 1 is 1.37 bits per heavy atom. The highest BCUT2D eigenvalue weighted by Gasteiger charge is 2.26. The van der Waals surface area contributed by atoms with Crippen LogP contribution >= 0.6 is 0 Å². The number of sulfonamides is 1. The van der Waals surface area contributed by atoms with E-state index in [9.17, 15) is 13.2 Å². The van der Waals surface area contributed by atoms with E-state index in [-0.39, 0.29) is 12.2 Å². The highest BCUT2D eigenvalue weighted by Crippen LogP contribution is 2.16. The van der Waals surface area contributed by atoms with Gasteiger partial charge in [0.05, 0.1) is 12.2 Å². The highest BCUT2D eigenvalue weighted by atomic mass is 32.2. The van der Waals surface area contributed by atoms with Crippen molar-refractivity contribution in [1.82, 2.24) is 9.62 Å². The molecular weight excluding hydrogens is 268 g/mol. The minimum atomic E-state index is -3.45. The summed E-state index contributed by atoms with van der Waals surface area (Å²) in [5.41, 5.74) is 0. The number of piperidine rings is 1. The predicted molar refractivity (Wildman–Crippen MR) is 73.5 cm³/mol. The number of carbonyl (C=O) groups is 1. The van der Waals surface area contributed by atoms with Gasteiger partial charge in [-0.2, -0.15) is 0 Å². The van der Waals surface area contributed by atoms with Gasteiger partial charge in [0, 0.05) is 13.1 Å². The molecule has 0 aliphatic carbocycles. The molecule has 1 saturated heterocycles. The van der Waals surface area contributed by atoms with Crippen molar-refractivity contribution in [3.8, 4) is 0 Å². The second-order valence-electron chi connectivity index (χ2n) is 5.01. The lowest BCUT2D eigenvalue weighted by Gasteiger charge is -2.29. The normalized spacial score (nSPS) is 17.8. The van der Waals surface area contributed by atoms with Crippen LogP contribution < -0.4 is 5.32 Å². The van der Waals surface area contributed by atoms with Crippen LogP contribution in [0.2, 0.25) is 0 Å². The Labute approximate surface area is 115 Å². The van der Waals surface area contributed by atoms with E-state index in [0.29, 0.717) is 19.0 Å². The number of hydrogen-bond donors (Lipinski definition) is 2. The van der Waals surface area contributed by atoms with Crippen LogP contribution in [0, 0.1) is 5.92 Å². The Morgan fingerprint density at radius 2 is 2.00 bits per heavy atom. The maximum atomic E-state index is 12.1. The molecule has 0 aromatic rings. The van der Waals surface area contributed by atoms with Gasteiger partial charge in [0.15, 0.2) is 0 Å². The lowest BCUT2D eigenvalue weighted by molar-refractivity contribution is -0.136. The lowest BCUT2D eigenvalue weighted by atomic mass is 9.98. The second kappa shape index (κ2) is 7.81. The largest absolute Gasteiger partial charge is 0.481 e. The van der Waals surface area contributed by atoms with Crippen LogP contribution in [0.1, 0.15) is 32.6 Å². The third kappa shape index (κ3) is 5.88. The fourth-order valence-corrected chi connectivity index (χ4v) is 3.88. The monoisotopic (exact) mass is 292 g/mol. The van der Waals surface area contributed by atoms with Crippen LogP contribution in [-0.4, -0.2) is 55.7 Å². The number of nitrogens with one attached hydrogen (secondary N) is 1. The van der Waals surface area contributed by atoms with E-state index >= 15 is 0 Å². The van der Waals surface area contributed by atoms with E-state index in [4.69, 9.17) is 5.11 Å². The average molecular weight is 292 g/mol. The Bertz CT molecular complexity index is 377. The lowest BCUT2D eigenvalue weighted by Crippen LogP contribution is -2.41. The molecule has 0 atom stereocenters. The zero-order valence-corrected chi connectivity index (χ0v) is 12.3. The van der Waals surface area contributed by atoms with Gasteiger partial charge in [-0.05, 0) is 38.3 Å². The molecule has 1 heterocycles. The quantitative estimate of drug-likeness (QED) is 0.680. The van der Waals surface area contributed by atoms with Crippen LogP contribution in [0.3, 0.4) is 0 Å². The molecule has 0 spiro atoms. The third-order valence-corrected chi connectivity index (χ3v) is 5.20. The summed E-state index contributed by atoms with van der Waals surface area (Å²) < 4.78 is 25.8. The molecule has 1 fully saturated rings. The molecule has 0 unspecified atom stereocenters. The summed E-state index contributed by atoms with van der Waals surface area (Å²) in [6, 6.07) is 0. The Morgan fingerprint density at radius 3 is 2.53 bits per heavy atom. The van der Waals surface area contributed by atoms with Crippen LogP contribution in [0.25, 0.3) is 0 Å². The molecule has 0 aromatic carbocycles. The van der Waals surface area contributed by atoms with E-state index in [1.165, 1.54) is 4.31 Å². The van der Waals surface area contributed by atoms with Crippen LogP contribution in [0.4, 0.5) is 0 Å². The molecular formula is C12H24N2O4S. The van der Waals surface area contributed by atoms with Gasteiger partial charge >= 0.3 is 5.97 Å². The summed E-state index contributed by atoms with van der Waals surface area (Å²) in [7, 11) is -3.45. The summed E-state index contributed by atoms with van der Waals surface area (Å²) in [5, 5.41) is 11.9. The van der Waals surface area contributed by atoms with Gasteiger partial charge in [-0.1, -0.05) is 6.92 Å². The van der Waals surface area contributed by atoms with Crippen molar-refractivity contribution in [1.29, 1.82) is 0 Å². The molecule has 6 nitrogen and oxygen atoms in total. The molecule has 19 heavy (non-hydrogen) atoms. The second-order valence-corrected chi connectivity index (χ2v) is 7.10. The molecule has 0 bridgehead atoms. The van der Waals surface area contributed by atoms with Crippen molar-refractivity contribution < 1.29 is 18.3 Å². The van der Waals surface area contributed by atoms with Crippen molar-refractivity contribution >= 4 is 16.0 Å². The molecule has 0 saturated carbocycles. The van der Waals surface area contributed by atoms with E-state index in [1.807, 2.05) is 6.92 Å². The maximum absolute atomic E-state index is 12.1. The molecule has 1 aliphatic rings. The number of rotatable bonds is 8. The number of aliphatic carboxylic acids is 1. The van der Waals surface area contributed by atoms with Gasteiger partial charge in [0.1, 0.15) is 0 Å². The van der Waals surface area contributed by atoms with Gasteiger partial charge in [0.25, 0.3) is 0 Å². The number of nitrogens with zero attached hydrogens (tertiary/aromatic N) is 1. The van der Waals surface area contributed by atoms with Crippen molar-refractivity contribution in [2.45, 2.75) is 32.6 Å². The zero-order chi connectivity index (χ0) is 14.3. The Kier molecular flexibility index (Phi) is 6.74. The maximum Gasteiger partial charge on any atom is 0.304 e. The number of hydrogen-bond acceptors (Lipinski definition) is 4. The van der Waals surface area contributed by atoms with Crippen molar-refractivity contribution in [3.63, 3.8) is 0 Å². The summed E-state index contributed by atoms with van der Waals surface area (Å²) in [6.07, 6.45) is 2.38. The topological polar surface area (TPSA) is 86.7 Å². The van der Waals surface area contributed by atoms with Crippen LogP contribution in [-0.2, 0) is 14.8 Å². The smallest absolute Gasteiger partial charge is 0.304 e. The zero-order valence-electron chi connectivity index (χ0n) is 11.5.